The molecule has 0 spiro atoms. The van der Waals surface area contributed by atoms with Gasteiger partial charge in [-0.15, -0.1) is 0 Å². The fourth-order valence-corrected chi connectivity index (χ4v) is 3.45. The summed E-state index contributed by atoms with van der Waals surface area (Å²) in [5, 5.41) is 12.7. The molecule has 2 aliphatic carbocycles. The van der Waals surface area contributed by atoms with Crippen LogP contribution >= 0.6 is 11.6 Å². The zero-order valence-electron chi connectivity index (χ0n) is 13.6. The average Bonchev–Trinajstić information content (AvgIpc) is 3.28. The highest BCUT2D eigenvalue weighted by Crippen LogP contribution is 2.33. The van der Waals surface area contributed by atoms with E-state index in [0.29, 0.717) is 10.9 Å². The molecule has 5 nitrogen and oxygen atoms in total. The number of carbonyl (C=O) groups is 2. The summed E-state index contributed by atoms with van der Waals surface area (Å²) in [4.78, 5) is 25.2. The Balaban J connectivity index is 1.44. The zero-order chi connectivity index (χ0) is 17.1. The number of carboxylic acid groups (broad SMARTS) is 1. The molecule has 0 atom stereocenters. The lowest BCUT2D eigenvalue weighted by Gasteiger charge is -2.42. The molecule has 3 rings (SSSR count). The molecule has 2 saturated carbocycles. The molecule has 130 valence electrons. The Hall–Kier alpha value is -1.59. The van der Waals surface area contributed by atoms with Gasteiger partial charge in [0.2, 0.25) is 5.91 Å². The molecule has 1 amide bonds. The minimum Gasteiger partial charge on any atom is -0.480 e. The number of rotatable bonds is 8. The maximum Gasteiger partial charge on any atom is 0.317 e. The SMILES string of the molecule is O=C(O)CN(CC1CC1)C1CC(NC(=O)Cc2ccccc2Cl)C1. The molecule has 0 saturated heterocycles. The highest BCUT2D eigenvalue weighted by atomic mass is 35.5. The maximum atomic E-state index is 12.1. The van der Waals surface area contributed by atoms with Gasteiger partial charge < -0.3 is 10.4 Å². The van der Waals surface area contributed by atoms with Crippen LogP contribution in [0.2, 0.25) is 5.02 Å². The summed E-state index contributed by atoms with van der Waals surface area (Å²) < 4.78 is 0. The van der Waals surface area contributed by atoms with E-state index >= 15 is 0 Å². The Bertz CT molecular complexity index is 612. The summed E-state index contributed by atoms with van der Waals surface area (Å²) >= 11 is 6.08. The van der Waals surface area contributed by atoms with Crippen molar-refractivity contribution in [2.24, 2.45) is 5.92 Å². The third kappa shape index (κ3) is 4.71. The van der Waals surface area contributed by atoms with Crippen molar-refractivity contribution in [1.29, 1.82) is 0 Å². The fourth-order valence-electron chi connectivity index (χ4n) is 3.25. The zero-order valence-corrected chi connectivity index (χ0v) is 14.3. The number of halogens is 1. The van der Waals surface area contributed by atoms with E-state index in [1.807, 2.05) is 18.2 Å². The van der Waals surface area contributed by atoms with E-state index in [-0.39, 0.29) is 31.0 Å². The molecule has 0 bridgehead atoms. The Labute approximate surface area is 147 Å². The number of hydrogen-bond donors (Lipinski definition) is 2. The minimum absolute atomic E-state index is 0.0291. The van der Waals surface area contributed by atoms with Gasteiger partial charge in [0.25, 0.3) is 0 Å². The number of hydrogen-bond acceptors (Lipinski definition) is 3. The van der Waals surface area contributed by atoms with Gasteiger partial charge in [-0.25, -0.2) is 0 Å². The van der Waals surface area contributed by atoms with Gasteiger partial charge >= 0.3 is 5.97 Å². The predicted octanol–water partition coefficient (Wildman–Crippen LogP) is 2.33. The number of amides is 1. The van der Waals surface area contributed by atoms with Gasteiger partial charge in [0, 0.05) is 23.7 Å². The third-order valence-corrected chi connectivity index (χ3v) is 5.20. The lowest BCUT2D eigenvalue weighted by atomic mass is 9.85. The van der Waals surface area contributed by atoms with Crippen LogP contribution in [0, 0.1) is 5.92 Å². The molecular formula is C18H23ClN2O3. The molecule has 2 aliphatic rings. The van der Waals surface area contributed by atoms with E-state index in [1.54, 1.807) is 6.07 Å². The summed E-state index contributed by atoms with van der Waals surface area (Å²) in [5.74, 6) is -0.140. The second-order valence-corrected chi connectivity index (χ2v) is 7.33. The number of carbonyl (C=O) groups excluding carboxylic acids is 1. The summed E-state index contributed by atoms with van der Waals surface area (Å²) in [5.41, 5.74) is 0.828. The Kier molecular flexibility index (Phi) is 5.41. The van der Waals surface area contributed by atoms with Gasteiger partial charge in [0.15, 0.2) is 0 Å². The van der Waals surface area contributed by atoms with Crippen LogP contribution < -0.4 is 5.32 Å². The molecule has 1 aromatic carbocycles. The van der Waals surface area contributed by atoms with Crippen LogP contribution in [0.3, 0.4) is 0 Å². The van der Waals surface area contributed by atoms with Crippen LogP contribution in [0.1, 0.15) is 31.2 Å². The highest BCUT2D eigenvalue weighted by molar-refractivity contribution is 6.31. The second-order valence-electron chi connectivity index (χ2n) is 6.92. The average molecular weight is 351 g/mol. The van der Waals surface area contributed by atoms with Crippen molar-refractivity contribution in [3.63, 3.8) is 0 Å². The molecule has 2 N–H and O–H groups in total. The molecule has 24 heavy (non-hydrogen) atoms. The van der Waals surface area contributed by atoms with Crippen molar-refractivity contribution in [3.05, 3.63) is 34.9 Å². The standard InChI is InChI=1S/C18H23ClN2O3/c19-16-4-2-1-3-13(16)7-17(22)20-14-8-15(9-14)21(11-18(23)24)10-12-5-6-12/h1-4,12,14-15H,5-11H2,(H,20,22)(H,23,24). The largest absolute Gasteiger partial charge is 0.480 e. The van der Waals surface area contributed by atoms with Crippen LogP contribution in [0.25, 0.3) is 0 Å². The number of nitrogens with zero attached hydrogens (tertiary/aromatic N) is 1. The summed E-state index contributed by atoms with van der Waals surface area (Å²) in [6.45, 7) is 0.971. The van der Waals surface area contributed by atoms with Crippen molar-refractivity contribution in [2.75, 3.05) is 13.1 Å². The van der Waals surface area contributed by atoms with Crippen molar-refractivity contribution in [2.45, 2.75) is 44.2 Å². The molecule has 0 heterocycles. The third-order valence-electron chi connectivity index (χ3n) is 4.83. The van der Waals surface area contributed by atoms with Crippen molar-refractivity contribution in [1.82, 2.24) is 10.2 Å². The summed E-state index contributed by atoms with van der Waals surface area (Å²) in [6.07, 6.45) is 4.35. The lowest BCUT2D eigenvalue weighted by Crippen LogP contribution is -2.55. The molecule has 2 fully saturated rings. The van der Waals surface area contributed by atoms with E-state index in [4.69, 9.17) is 16.7 Å². The molecular weight excluding hydrogens is 328 g/mol. The maximum absolute atomic E-state index is 12.1. The summed E-state index contributed by atoms with van der Waals surface area (Å²) in [6, 6.07) is 7.76. The van der Waals surface area contributed by atoms with E-state index < -0.39 is 5.97 Å². The van der Waals surface area contributed by atoms with Gasteiger partial charge in [-0.05, 0) is 43.2 Å². The van der Waals surface area contributed by atoms with E-state index in [2.05, 4.69) is 10.2 Å². The number of aliphatic carboxylic acids is 1. The lowest BCUT2D eigenvalue weighted by molar-refractivity contribution is -0.140. The first-order valence-corrected chi connectivity index (χ1v) is 8.87. The van der Waals surface area contributed by atoms with Gasteiger partial charge in [-0.3, -0.25) is 14.5 Å². The Morgan fingerprint density at radius 1 is 1.25 bits per heavy atom. The van der Waals surface area contributed by atoms with Crippen LogP contribution in [0.15, 0.2) is 24.3 Å². The first-order valence-electron chi connectivity index (χ1n) is 8.50. The van der Waals surface area contributed by atoms with Crippen LogP contribution in [-0.2, 0) is 16.0 Å². The van der Waals surface area contributed by atoms with Gasteiger partial charge in [-0.1, -0.05) is 29.8 Å². The number of carboxylic acids is 1. The monoisotopic (exact) mass is 350 g/mol. The smallest absolute Gasteiger partial charge is 0.317 e. The van der Waals surface area contributed by atoms with Crippen LogP contribution in [0.4, 0.5) is 0 Å². The molecule has 1 aromatic rings. The first kappa shape index (κ1) is 17.2. The Morgan fingerprint density at radius 2 is 1.96 bits per heavy atom. The quantitative estimate of drug-likeness (QED) is 0.755. The van der Waals surface area contributed by atoms with E-state index in [9.17, 15) is 9.59 Å². The van der Waals surface area contributed by atoms with E-state index in [0.717, 1.165) is 24.9 Å². The Morgan fingerprint density at radius 3 is 2.58 bits per heavy atom. The first-order chi connectivity index (χ1) is 11.5. The predicted molar refractivity (Wildman–Crippen MR) is 92.0 cm³/mol. The minimum atomic E-state index is -0.776. The number of nitrogens with one attached hydrogen (secondary N) is 1. The van der Waals surface area contributed by atoms with Crippen molar-refractivity contribution in [3.8, 4) is 0 Å². The van der Waals surface area contributed by atoms with Gasteiger partial charge in [-0.2, -0.15) is 0 Å². The van der Waals surface area contributed by atoms with Crippen LogP contribution in [0.5, 0.6) is 0 Å². The van der Waals surface area contributed by atoms with Crippen LogP contribution in [-0.4, -0.2) is 47.1 Å². The molecule has 0 radical (unpaired) electrons. The molecule has 6 heteroatoms. The van der Waals surface area contributed by atoms with E-state index in [1.165, 1.54) is 12.8 Å². The van der Waals surface area contributed by atoms with Gasteiger partial charge in [0.05, 0.1) is 13.0 Å². The van der Waals surface area contributed by atoms with Gasteiger partial charge in [0.1, 0.15) is 0 Å². The molecule has 0 aliphatic heterocycles. The molecule has 0 aromatic heterocycles. The second kappa shape index (κ2) is 7.53. The normalized spacial score (nSPS) is 22.9. The number of benzene rings is 1. The molecule has 0 unspecified atom stereocenters. The summed E-state index contributed by atoms with van der Waals surface area (Å²) in [7, 11) is 0. The highest BCUT2D eigenvalue weighted by Gasteiger charge is 2.37. The van der Waals surface area contributed by atoms with Crippen molar-refractivity contribution >= 4 is 23.5 Å². The van der Waals surface area contributed by atoms with Crippen molar-refractivity contribution < 1.29 is 14.7 Å². The fraction of sp³-hybridized carbons (Fsp3) is 0.556. The topological polar surface area (TPSA) is 69.6 Å².